The highest BCUT2D eigenvalue weighted by Gasteiger charge is 2.27. The van der Waals surface area contributed by atoms with Crippen molar-refractivity contribution in [1.29, 1.82) is 0 Å². The maximum Gasteiger partial charge on any atom is 0.251 e. The summed E-state index contributed by atoms with van der Waals surface area (Å²) in [6.07, 6.45) is 6.59. The van der Waals surface area contributed by atoms with Gasteiger partial charge < -0.3 is 10.2 Å². The van der Waals surface area contributed by atoms with Crippen molar-refractivity contribution in [2.45, 2.75) is 63.3 Å². The largest absolute Gasteiger partial charge is 0.348 e. The highest BCUT2D eigenvalue weighted by Crippen LogP contribution is 2.23. The number of carbonyl (C=O) groups is 1. The topological polar surface area (TPSA) is 69.7 Å². The molecule has 2 heterocycles. The second-order valence-corrected chi connectivity index (χ2v) is 10.1. The summed E-state index contributed by atoms with van der Waals surface area (Å²) in [6.45, 7) is 7.98. The predicted octanol–water partition coefficient (Wildman–Crippen LogP) is 2.77. The lowest BCUT2D eigenvalue weighted by atomic mass is 10.1. The molecular formula is C21H33N3O3S. The van der Waals surface area contributed by atoms with E-state index in [-0.39, 0.29) is 16.8 Å². The Bertz CT molecular complexity index is 782. The SMILES string of the molecule is Cc1ccc(S(=O)(=O)N2CCCCC2)cc1C(=O)NC(C)CN1CCCCC1. The van der Waals surface area contributed by atoms with Crippen LogP contribution >= 0.6 is 0 Å². The van der Waals surface area contributed by atoms with E-state index < -0.39 is 10.0 Å². The van der Waals surface area contributed by atoms with Gasteiger partial charge in [-0.05, 0) is 70.3 Å². The molecule has 1 unspecified atom stereocenters. The van der Waals surface area contributed by atoms with Crippen molar-refractivity contribution < 1.29 is 13.2 Å². The fourth-order valence-corrected chi connectivity index (χ4v) is 5.68. The van der Waals surface area contributed by atoms with Crippen molar-refractivity contribution in [3.8, 4) is 0 Å². The summed E-state index contributed by atoms with van der Waals surface area (Å²) >= 11 is 0. The molecule has 6 nitrogen and oxygen atoms in total. The number of benzene rings is 1. The van der Waals surface area contributed by atoms with Crippen LogP contribution < -0.4 is 5.32 Å². The zero-order valence-corrected chi connectivity index (χ0v) is 17.9. The van der Waals surface area contributed by atoms with Crippen molar-refractivity contribution in [2.75, 3.05) is 32.7 Å². The van der Waals surface area contributed by atoms with Crippen LogP contribution in [0.15, 0.2) is 23.1 Å². The first kappa shape index (κ1) is 21.3. The zero-order chi connectivity index (χ0) is 20.1. The lowest BCUT2D eigenvalue weighted by Crippen LogP contribution is -2.43. The lowest BCUT2D eigenvalue weighted by molar-refractivity contribution is 0.0925. The Morgan fingerprint density at radius 1 is 1.04 bits per heavy atom. The number of nitrogens with one attached hydrogen (secondary N) is 1. The van der Waals surface area contributed by atoms with Crippen LogP contribution in [0.25, 0.3) is 0 Å². The summed E-state index contributed by atoms with van der Waals surface area (Å²) in [4.78, 5) is 15.4. The number of sulfonamides is 1. The molecule has 2 saturated heterocycles. The lowest BCUT2D eigenvalue weighted by Gasteiger charge is -2.29. The third-order valence-electron chi connectivity index (χ3n) is 5.76. The van der Waals surface area contributed by atoms with E-state index in [4.69, 9.17) is 0 Å². The number of piperidine rings is 2. The number of nitrogens with zero attached hydrogens (tertiary/aromatic N) is 2. The van der Waals surface area contributed by atoms with Crippen LogP contribution in [0.4, 0.5) is 0 Å². The molecule has 7 heteroatoms. The Labute approximate surface area is 169 Å². The Morgan fingerprint density at radius 2 is 1.64 bits per heavy atom. The third-order valence-corrected chi connectivity index (χ3v) is 7.66. The van der Waals surface area contributed by atoms with Gasteiger partial charge in [0, 0.05) is 31.2 Å². The van der Waals surface area contributed by atoms with Gasteiger partial charge in [-0.1, -0.05) is 18.9 Å². The molecule has 1 aromatic carbocycles. The summed E-state index contributed by atoms with van der Waals surface area (Å²) in [7, 11) is -3.54. The van der Waals surface area contributed by atoms with Gasteiger partial charge in [-0.25, -0.2) is 8.42 Å². The van der Waals surface area contributed by atoms with Gasteiger partial charge in [-0.2, -0.15) is 4.31 Å². The molecule has 2 fully saturated rings. The van der Waals surface area contributed by atoms with E-state index in [1.54, 1.807) is 22.5 Å². The fraction of sp³-hybridized carbons (Fsp3) is 0.667. The molecule has 156 valence electrons. The quantitative estimate of drug-likeness (QED) is 0.787. The van der Waals surface area contributed by atoms with E-state index >= 15 is 0 Å². The molecule has 2 aliphatic heterocycles. The monoisotopic (exact) mass is 407 g/mol. The van der Waals surface area contributed by atoms with E-state index in [1.807, 2.05) is 13.8 Å². The summed E-state index contributed by atoms with van der Waals surface area (Å²) in [5.41, 5.74) is 1.24. The summed E-state index contributed by atoms with van der Waals surface area (Å²) in [6, 6.07) is 4.92. The number of aryl methyl sites for hydroxylation is 1. The minimum Gasteiger partial charge on any atom is -0.348 e. The normalized spacial score (nSPS) is 20.6. The van der Waals surface area contributed by atoms with Gasteiger partial charge in [0.15, 0.2) is 0 Å². The molecule has 0 aromatic heterocycles. The fourth-order valence-electron chi connectivity index (χ4n) is 4.14. The first-order valence-corrected chi connectivity index (χ1v) is 12.0. The van der Waals surface area contributed by atoms with Crippen LogP contribution in [0, 0.1) is 6.92 Å². The maximum absolute atomic E-state index is 12.9. The van der Waals surface area contributed by atoms with Crippen LogP contribution in [-0.4, -0.2) is 62.3 Å². The molecule has 0 radical (unpaired) electrons. The Balaban J connectivity index is 1.70. The number of amides is 1. The highest BCUT2D eigenvalue weighted by atomic mass is 32.2. The van der Waals surface area contributed by atoms with E-state index in [9.17, 15) is 13.2 Å². The van der Waals surface area contributed by atoms with Crippen molar-refractivity contribution in [3.05, 3.63) is 29.3 Å². The second-order valence-electron chi connectivity index (χ2n) is 8.18. The number of carbonyl (C=O) groups excluding carboxylic acids is 1. The number of hydrogen-bond donors (Lipinski definition) is 1. The molecule has 0 spiro atoms. The summed E-state index contributed by atoms with van der Waals surface area (Å²) in [5, 5.41) is 3.05. The zero-order valence-electron chi connectivity index (χ0n) is 17.1. The average molecular weight is 408 g/mol. The minimum absolute atomic E-state index is 0.0207. The molecule has 0 aliphatic carbocycles. The number of likely N-dealkylation sites (tertiary alicyclic amines) is 1. The van der Waals surface area contributed by atoms with E-state index in [1.165, 1.54) is 19.3 Å². The van der Waals surface area contributed by atoms with Gasteiger partial charge in [-0.3, -0.25) is 4.79 Å². The van der Waals surface area contributed by atoms with Gasteiger partial charge in [0.2, 0.25) is 10.0 Å². The summed E-state index contributed by atoms with van der Waals surface area (Å²) < 4.78 is 27.4. The molecule has 0 bridgehead atoms. The third kappa shape index (κ3) is 5.13. The van der Waals surface area contributed by atoms with E-state index in [2.05, 4.69) is 10.2 Å². The van der Waals surface area contributed by atoms with Gasteiger partial charge in [0.25, 0.3) is 5.91 Å². The molecular weight excluding hydrogens is 374 g/mol. The molecule has 3 rings (SSSR count). The number of rotatable bonds is 6. The van der Waals surface area contributed by atoms with Crippen LogP contribution in [0.5, 0.6) is 0 Å². The average Bonchev–Trinajstić information content (AvgIpc) is 2.69. The molecule has 1 amide bonds. The van der Waals surface area contributed by atoms with Gasteiger partial charge >= 0.3 is 0 Å². The summed E-state index contributed by atoms with van der Waals surface area (Å²) in [5.74, 6) is -0.197. The molecule has 1 aromatic rings. The maximum atomic E-state index is 12.9. The predicted molar refractivity (Wildman–Crippen MR) is 111 cm³/mol. The second kappa shape index (κ2) is 9.37. The molecule has 1 N–H and O–H groups in total. The highest BCUT2D eigenvalue weighted by molar-refractivity contribution is 7.89. The smallest absolute Gasteiger partial charge is 0.251 e. The van der Waals surface area contributed by atoms with Gasteiger partial charge in [0.1, 0.15) is 0 Å². The van der Waals surface area contributed by atoms with Crippen LogP contribution in [0.1, 0.15) is 61.4 Å². The van der Waals surface area contributed by atoms with Crippen molar-refractivity contribution in [1.82, 2.24) is 14.5 Å². The molecule has 0 saturated carbocycles. The van der Waals surface area contributed by atoms with Crippen molar-refractivity contribution in [3.63, 3.8) is 0 Å². The van der Waals surface area contributed by atoms with Gasteiger partial charge in [0.05, 0.1) is 4.90 Å². The molecule has 1 atom stereocenters. The van der Waals surface area contributed by atoms with Crippen LogP contribution in [-0.2, 0) is 10.0 Å². The van der Waals surface area contributed by atoms with Crippen molar-refractivity contribution >= 4 is 15.9 Å². The Kier molecular flexibility index (Phi) is 7.12. The van der Waals surface area contributed by atoms with E-state index in [0.717, 1.165) is 44.5 Å². The van der Waals surface area contributed by atoms with E-state index in [0.29, 0.717) is 18.7 Å². The van der Waals surface area contributed by atoms with Crippen LogP contribution in [0.2, 0.25) is 0 Å². The van der Waals surface area contributed by atoms with Gasteiger partial charge in [-0.15, -0.1) is 0 Å². The standard InChI is InChI=1S/C21H33N3O3S/c1-17-9-10-19(28(26,27)24-13-7-4-8-14-24)15-20(17)21(25)22-18(2)16-23-11-5-3-6-12-23/h9-10,15,18H,3-8,11-14,16H2,1-2H3,(H,22,25). The molecule has 28 heavy (non-hydrogen) atoms. The van der Waals surface area contributed by atoms with Crippen LogP contribution in [0.3, 0.4) is 0 Å². The Hall–Kier alpha value is -1.44. The first-order chi connectivity index (χ1) is 13.4. The van der Waals surface area contributed by atoms with Crippen molar-refractivity contribution in [2.24, 2.45) is 0 Å². The Morgan fingerprint density at radius 3 is 2.29 bits per heavy atom. The molecule has 2 aliphatic rings. The number of hydrogen-bond acceptors (Lipinski definition) is 4. The first-order valence-electron chi connectivity index (χ1n) is 10.5. The minimum atomic E-state index is -3.54.